The van der Waals surface area contributed by atoms with Crippen LogP contribution in [0, 0.1) is 0 Å². The summed E-state index contributed by atoms with van der Waals surface area (Å²) in [7, 11) is 0. The molecule has 3 atom stereocenters. The summed E-state index contributed by atoms with van der Waals surface area (Å²) in [5, 5.41) is 33.6. The molecular weight excluding hydrogens is 727 g/mol. The number of carbonyl (C=O) groups is 1. The highest BCUT2D eigenvalue weighted by atomic mass is 16.3. The molecule has 0 heterocycles. The fourth-order valence-corrected chi connectivity index (χ4v) is 8.12. The third-order valence-electron chi connectivity index (χ3n) is 12.2. The Kier molecular flexibility index (Phi) is 48.0. The zero-order valence-electron chi connectivity index (χ0n) is 39.6. The number of aliphatic hydroxyl groups is 3. The SMILES string of the molecule is CCCCCCCCCCCC/C=C/CC/C=C/CCCC(O)C(O)C(CO)NC(=O)CCCCCCCCCCCC/C=C\CCCCCCCCCCCCCC. The molecule has 0 fully saturated rings. The smallest absolute Gasteiger partial charge is 0.220 e. The third-order valence-corrected chi connectivity index (χ3v) is 12.2. The molecule has 0 aromatic heterocycles. The van der Waals surface area contributed by atoms with Crippen LogP contribution >= 0.6 is 0 Å². The van der Waals surface area contributed by atoms with Crippen LogP contribution in [-0.4, -0.2) is 46.1 Å². The molecule has 0 aliphatic rings. The van der Waals surface area contributed by atoms with Crippen LogP contribution in [0.5, 0.6) is 0 Å². The molecule has 1 amide bonds. The standard InChI is InChI=1S/C54H103NO4/c1-3-5-7-9-11-13-15-17-19-21-23-24-25-26-27-28-29-31-33-35-37-39-41-43-45-47-49-53(58)55-51(50-56)54(59)52(57)48-46-44-42-40-38-36-34-32-30-22-20-18-16-14-12-10-8-6-4-2/h26-27,32,34,40,42,51-52,54,56-57,59H,3-25,28-31,33,35-39,41,43-50H2,1-2H3,(H,55,58)/b27-26-,34-32+,42-40+. The van der Waals surface area contributed by atoms with Crippen molar-refractivity contribution in [3.63, 3.8) is 0 Å². The zero-order chi connectivity index (χ0) is 43.0. The summed E-state index contributed by atoms with van der Waals surface area (Å²) in [6, 6.07) is -0.833. The maximum atomic E-state index is 12.5. The van der Waals surface area contributed by atoms with E-state index in [2.05, 4.69) is 55.6 Å². The summed E-state index contributed by atoms with van der Waals surface area (Å²) >= 11 is 0. The highest BCUT2D eigenvalue weighted by molar-refractivity contribution is 5.76. The molecule has 0 saturated carbocycles. The molecule has 5 nitrogen and oxygen atoms in total. The average Bonchev–Trinajstić information content (AvgIpc) is 3.24. The Bertz CT molecular complexity index is 916. The Morgan fingerprint density at radius 1 is 0.407 bits per heavy atom. The van der Waals surface area contributed by atoms with Gasteiger partial charge in [-0.05, 0) is 77.0 Å². The van der Waals surface area contributed by atoms with Crippen LogP contribution in [0.2, 0.25) is 0 Å². The predicted molar refractivity (Wildman–Crippen MR) is 259 cm³/mol. The molecule has 0 rings (SSSR count). The molecular formula is C54H103NO4. The lowest BCUT2D eigenvalue weighted by molar-refractivity contribution is -0.124. The molecule has 0 spiro atoms. The van der Waals surface area contributed by atoms with E-state index in [-0.39, 0.29) is 12.5 Å². The second-order valence-corrected chi connectivity index (χ2v) is 18.1. The van der Waals surface area contributed by atoms with Gasteiger partial charge in [-0.1, -0.05) is 230 Å². The topological polar surface area (TPSA) is 89.8 Å². The van der Waals surface area contributed by atoms with Gasteiger partial charge in [-0.2, -0.15) is 0 Å². The Hall–Kier alpha value is -1.43. The van der Waals surface area contributed by atoms with E-state index in [0.717, 1.165) is 44.9 Å². The first-order chi connectivity index (χ1) is 29.1. The number of amides is 1. The number of hydrogen-bond acceptors (Lipinski definition) is 4. The molecule has 0 saturated heterocycles. The van der Waals surface area contributed by atoms with Crippen molar-refractivity contribution in [2.75, 3.05) is 6.61 Å². The van der Waals surface area contributed by atoms with Crippen molar-refractivity contribution in [1.82, 2.24) is 5.32 Å². The van der Waals surface area contributed by atoms with Crippen LogP contribution in [0.3, 0.4) is 0 Å². The highest BCUT2D eigenvalue weighted by Crippen LogP contribution is 2.16. The van der Waals surface area contributed by atoms with Gasteiger partial charge < -0.3 is 20.6 Å². The summed E-state index contributed by atoms with van der Waals surface area (Å²) in [5.41, 5.74) is 0. The highest BCUT2D eigenvalue weighted by Gasteiger charge is 2.26. The summed E-state index contributed by atoms with van der Waals surface area (Å²) in [6.45, 7) is 4.19. The minimum Gasteiger partial charge on any atom is -0.394 e. The van der Waals surface area contributed by atoms with E-state index in [0.29, 0.717) is 12.8 Å². The molecule has 59 heavy (non-hydrogen) atoms. The number of aliphatic hydroxyl groups excluding tert-OH is 3. The van der Waals surface area contributed by atoms with Gasteiger partial charge in [0.25, 0.3) is 0 Å². The predicted octanol–water partition coefficient (Wildman–Crippen LogP) is 15.9. The first-order valence-electron chi connectivity index (χ1n) is 26.3. The van der Waals surface area contributed by atoms with E-state index in [9.17, 15) is 20.1 Å². The molecule has 0 aliphatic carbocycles. The van der Waals surface area contributed by atoms with Gasteiger partial charge in [-0.25, -0.2) is 0 Å². The first-order valence-corrected chi connectivity index (χ1v) is 26.3. The maximum Gasteiger partial charge on any atom is 0.220 e. The van der Waals surface area contributed by atoms with Gasteiger partial charge in [0.1, 0.15) is 6.10 Å². The summed E-state index contributed by atoms with van der Waals surface area (Å²) in [4.78, 5) is 12.5. The largest absolute Gasteiger partial charge is 0.394 e. The lowest BCUT2D eigenvalue weighted by atomic mass is 10.0. The molecule has 0 aliphatic heterocycles. The quantitative estimate of drug-likeness (QED) is 0.0363. The Labute approximate surface area is 368 Å². The van der Waals surface area contributed by atoms with Gasteiger partial charge in [0.2, 0.25) is 5.91 Å². The number of hydrogen-bond donors (Lipinski definition) is 4. The molecule has 0 radical (unpaired) electrons. The van der Waals surface area contributed by atoms with Gasteiger partial charge in [-0.3, -0.25) is 4.79 Å². The average molecular weight is 830 g/mol. The van der Waals surface area contributed by atoms with Gasteiger partial charge >= 0.3 is 0 Å². The van der Waals surface area contributed by atoms with Crippen LogP contribution in [0.15, 0.2) is 36.5 Å². The summed E-state index contributed by atoms with van der Waals surface area (Å²) in [5.74, 6) is -0.157. The van der Waals surface area contributed by atoms with Crippen LogP contribution in [0.1, 0.15) is 277 Å². The van der Waals surface area contributed by atoms with Crippen LogP contribution in [-0.2, 0) is 4.79 Å². The van der Waals surface area contributed by atoms with E-state index in [1.807, 2.05) is 0 Å². The number of rotatable bonds is 48. The number of carbonyl (C=O) groups excluding carboxylic acids is 1. The number of allylic oxidation sites excluding steroid dienone is 6. The number of nitrogens with one attached hydrogen (secondary N) is 1. The summed E-state index contributed by atoms with van der Waals surface area (Å²) < 4.78 is 0. The molecule has 0 bridgehead atoms. The van der Waals surface area contributed by atoms with Crippen LogP contribution < -0.4 is 5.32 Å². The van der Waals surface area contributed by atoms with Crippen LogP contribution in [0.25, 0.3) is 0 Å². The van der Waals surface area contributed by atoms with E-state index < -0.39 is 18.2 Å². The zero-order valence-corrected chi connectivity index (χ0v) is 39.6. The number of unbranched alkanes of at least 4 members (excludes halogenated alkanes) is 34. The second-order valence-electron chi connectivity index (χ2n) is 18.1. The first kappa shape index (κ1) is 57.6. The Balaban J connectivity index is 3.61. The van der Waals surface area contributed by atoms with Crippen LogP contribution in [0.4, 0.5) is 0 Å². The fraction of sp³-hybridized carbons (Fsp3) is 0.870. The van der Waals surface area contributed by atoms with Gasteiger partial charge in [-0.15, -0.1) is 0 Å². The maximum absolute atomic E-state index is 12.5. The molecule has 3 unspecified atom stereocenters. The fourth-order valence-electron chi connectivity index (χ4n) is 8.12. The second kappa shape index (κ2) is 49.2. The van der Waals surface area contributed by atoms with E-state index in [4.69, 9.17) is 0 Å². The molecule has 0 aromatic carbocycles. The van der Waals surface area contributed by atoms with Crippen molar-refractivity contribution in [1.29, 1.82) is 0 Å². The van der Waals surface area contributed by atoms with E-state index in [1.165, 1.54) is 205 Å². The minimum absolute atomic E-state index is 0.157. The van der Waals surface area contributed by atoms with Crippen molar-refractivity contribution < 1.29 is 20.1 Å². The summed E-state index contributed by atoms with van der Waals surface area (Å²) in [6.07, 6.45) is 62.8. The molecule has 348 valence electrons. The monoisotopic (exact) mass is 830 g/mol. The van der Waals surface area contributed by atoms with E-state index in [1.54, 1.807) is 0 Å². The Morgan fingerprint density at radius 3 is 1.03 bits per heavy atom. The lowest BCUT2D eigenvalue weighted by Gasteiger charge is -2.26. The van der Waals surface area contributed by atoms with Gasteiger partial charge in [0.15, 0.2) is 0 Å². The van der Waals surface area contributed by atoms with Gasteiger partial charge in [0, 0.05) is 6.42 Å². The molecule has 0 aromatic rings. The van der Waals surface area contributed by atoms with Crippen molar-refractivity contribution in [2.24, 2.45) is 0 Å². The van der Waals surface area contributed by atoms with E-state index >= 15 is 0 Å². The lowest BCUT2D eigenvalue weighted by Crippen LogP contribution is -2.50. The third kappa shape index (κ3) is 44.4. The normalized spacial score (nSPS) is 13.6. The van der Waals surface area contributed by atoms with Gasteiger partial charge in [0.05, 0.1) is 18.8 Å². The van der Waals surface area contributed by atoms with Crippen molar-refractivity contribution >= 4 is 5.91 Å². The minimum atomic E-state index is -1.17. The van der Waals surface area contributed by atoms with Crippen molar-refractivity contribution in [2.45, 2.75) is 295 Å². The van der Waals surface area contributed by atoms with Crippen molar-refractivity contribution in [3.8, 4) is 0 Å². The molecule has 5 heteroatoms. The van der Waals surface area contributed by atoms with Crippen molar-refractivity contribution in [3.05, 3.63) is 36.5 Å². The molecule has 4 N–H and O–H groups in total. The Morgan fingerprint density at radius 2 is 0.695 bits per heavy atom.